The van der Waals surface area contributed by atoms with Gasteiger partial charge in [-0.1, -0.05) is 23.2 Å². The smallest absolute Gasteiger partial charge is 0.282 e. The number of nitrogens with one attached hydrogen (secondary N) is 1. The number of nitro benzene ring substituents is 1. The summed E-state index contributed by atoms with van der Waals surface area (Å²) in [6, 6.07) is 5.22. The van der Waals surface area contributed by atoms with Gasteiger partial charge in [0.2, 0.25) is 0 Å². The van der Waals surface area contributed by atoms with Crippen molar-refractivity contribution in [1.29, 1.82) is 0 Å². The Labute approximate surface area is 123 Å². The number of hydrogen-bond donors (Lipinski definition) is 1. The predicted octanol–water partition coefficient (Wildman–Crippen LogP) is 3.55. The molecule has 1 N–H and O–H groups in total. The molecule has 0 atom stereocenters. The number of carbonyl (C=O) groups excluding carboxylic acids is 1. The maximum absolute atomic E-state index is 12.1. The molecule has 0 aliphatic carbocycles. The fourth-order valence-electron chi connectivity index (χ4n) is 1.52. The van der Waals surface area contributed by atoms with Crippen molar-refractivity contribution in [2.24, 2.45) is 0 Å². The van der Waals surface area contributed by atoms with Crippen molar-refractivity contribution in [3.8, 4) is 0 Å². The molecule has 0 aliphatic rings. The van der Waals surface area contributed by atoms with Crippen LogP contribution in [-0.2, 0) is 0 Å². The zero-order valence-corrected chi connectivity index (χ0v) is 11.4. The van der Waals surface area contributed by atoms with Crippen LogP contribution in [0.3, 0.4) is 0 Å². The number of benzene rings is 1. The number of amides is 1. The highest BCUT2D eigenvalue weighted by atomic mass is 35.5. The summed E-state index contributed by atoms with van der Waals surface area (Å²) < 4.78 is 0. The Morgan fingerprint density at radius 1 is 1.30 bits per heavy atom. The van der Waals surface area contributed by atoms with E-state index < -0.39 is 10.8 Å². The third kappa shape index (κ3) is 3.04. The fraction of sp³-hybridized carbons (Fsp3) is 0. The molecule has 20 heavy (non-hydrogen) atoms. The lowest BCUT2D eigenvalue weighted by Gasteiger charge is -2.07. The number of rotatable bonds is 3. The van der Waals surface area contributed by atoms with Gasteiger partial charge in [-0.2, -0.15) is 0 Å². The second kappa shape index (κ2) is 5.85. The number of aromatic nitrogens is 1. The van der Waals surface area contributed by atoms with Crippen LogP contribution in [0.5, 0.6) is 0 Å². The minimum atomic E-state index is -0.674. The zero-order chi connectivity index (χ0) is 14.7. The average Bonchev–Trinajstić information content (AvgIpc) is 2.40. The number of halogens is 2. The molecule has 6 nitrogen and oxygen atoms in total. The number of nitrogens with zero attached hydrogens (tertiary/aromatic N) is 2. The van der Waals surface area contributed by atoms with E-state index in [1.165, 1.54) is 36.7 Å². The standard InChI is InChI=1S/C12H7Cl2N3O3/c13-7-1-2-11(17(19)20)8(5-7)12(18)16-10-3-4-15-6-9(10)14/h1-6H,(H,15,16,18). The summed E-state index contributed by atoms with van der Waals surface area (Å²) in [5.41, 5.74) is -0.173. The summed E-state index contributed by atoms with van der Waals surface area (Å²) in [7, 11) is 0. The van der Waals surface area contributed by atoms with Crippen LogP contribution in [0.2, 0.25) is 10.0 Å². The van der Waals surface area contributed by atoms with Gasteiger partial charge in [0.15, 0.2) is 0 Å². The molecular weight excluding hydrogens is 305 g/mol. The van der Waals surface area contributed by atoms with Gasteiger partial charge in [-0.15, -0.1) is 0 Å². The van der Waals surface area contributed by atoms with Crippen LogP contribution in [-0.4, -0.2) is 15.8 Å². The molecule has 0 spiro atoms. The van der Waals surface area contributed by atoms with E-state index in [2.05, 4.69) is 10.3 Å². The molecular formula is C12H7Cl2N3O3. The Balaban J connectivity index is 2.37. The van der Waals surface area contributed by atoms with Crippen LogP contribution in [0.4, 0.5) is 11.4 Å². The van der Waals surface area contributed by atoms with E-state index in [-0.39, 0.29) is 21.3 Å². The molecule has 0 radical (unpaired) electrons. The minimum Gasteiger partial charge on any atom is -0.320 e. The molecule has 0 unspecified atom stereocenters. The molecule has 1 amide bonds. The number of hydrogen-bond acceptors (Lipinski definition) is 4. The van der Waals surface area contributed by atoms with Crippen molar-refractivity contribution < 1.29 is 9.72 Å². The van der Waals surface area contributed by atoms with E-state index in [9.17, 15) is 14.9 Å². The van der Waals surface area contributed by atoms with E-state index in [0.717, 1.165) is 0 Å². The van der Waals surface area contributed by atoms with Gasteiger partial charge < -0.3 is 5.32 Å². The average molecular weight is 312 g/mol. The normalized spacial score (nSPS) is 10.1. The molecule has 0 aliphatic heterocycles. The summed E-state index contributed by atoms with van der Waals surface area (Å²) >= 11 is 11.6. The van der Waals surface area contributed by atoms with E-state index in [1.807, 2.05) is 0 Å². The monoisotopic (exact) mass is 311 g/mol. The number of pyridine rings is 1. The van der Waals surface area contributed by atoms with E-state index in [0.29, 0.717) is 5.69 Å². The highest BCUT2D eigenvalue weighted by Gasteiger charge is 2.21. The summed E-state index contributed by atoms with van der Waals surface area (Å²) in [6.07, 6.45) is 2.79. The number of anilines is 1. The fourth-order valence-corrected chi connectivity index (χ4v) is 1.85. The van der Waals surface area contributed by atoms with Crippen molar-refractivity contribution in [1.82, 2.24) is 4.98 Å². The van der Waals surface area contributed by atoms with Crippen LogP contribution < -0.4 is 5.32 Å². The van der Waals surface area contributed by atoms with Crippen LogP contribution in [0.25, 0.3) is 0 Å². The van der Waals surface area contributed by atoms with Crippen molar-refractivity contribution in [3.05, 3.63) is 62.4 Å². The van der Waals surface area contributed by atoms with Gasteiger partial charge in [0, 0.05) is 23.5 Å². The van der Waals surface area contributed by atoms with Crippen molar-refractivity contribution in [2.75, 3.05) is 5.32 Å². The molecule has 2 rings (SSSR count). The van der Waals surface area contributed by atoms with Crippen LogP contribution in [0, 0.1) is 10.1 Å². The highest BCUT2D eigenvalue weighted by molar-refractivity contribution is 6.34. The SMILES string of the molecule is O=C(Nc1ccncc1Cl)c1cc(Cl)ccc1[N+](=O)[O-]. The molecule has 1 heterocycles. The van der Waals surface area contributed by atoms with Crippen molar-refractivity contribution in [2.45, 2.75) is 0 Å². The number of carbonyl (C=O) groups is 1. The van der Waals surface area contributed by atoms with E-state index >= 15 is 0 Å². The van der Waals surface area contributed by atoms with Gasteiger partial charge in [-0.3, -0.25) is 19.9 Å². The van der Waals surface area contributed by atoms with Crippen LogP contribution in [0.1, 0.15) is 10.4 Å². The molecule has 1 aromatic heterocycles. The molecule has 2 aromatic rings. The lowest BCUT2D eigenvalue weighted by atomic mass is 10.1. The van der Waals surface area contributed by atoms with Gasteiger partial charge in [-0.05, 0) is 18.2 Å². The Morgan fingerprint density at radius 3 is 2.70 bits per heavy atom. The van der Waals surface area contributed by atoms with Crippen LogP contribution >= 0.6 is 23.2 Å². The first-order chi connectivity index (χ1) is 9.49. The van der Waals surface area contributed by atoms with E-state index in [4.69, 9.17) is 23.2 Å². The van der Waals surface area contributed by atoms with Gasteiger partial charge in [0.05, 0.1) is 15.6 Å². The maximum Gasteiger partial charge on any atom is 0.282 e. The molecule has 0 bridgehead atoms. The quantitative estimate of drug-likeness (QED) is 0.693. The Morgan fingerprint density at radius 2 is 2.05 bits per heavy atom. The molecule has 0 fully saturated rings. The van der Waals surface area contributed by atoms with E-state index in [1.54, 1.807) is 0 Å². The summed E-state index contributed by atoms with van der Waals surface area (Å²) in [4.78, 5) is 26.1. The lowest BCUT2D eigenvalue weighted by molar-refractivity contribution is -0.385. The Bertz CT molecular complexity index is 691. The maximum atomic E-state index is 12.1. The number of nitro groups is 1. The molecule has 0 saturated carbocycles. The lowest BCUT2D eigenvalue weighted by Crippen LogP contribution is -2.14. The van der Waals surface area contributed by atoms with Gasteiger partial charge in [0.1, 0.15) is 5.56 Å². The summed E-state index contributed by atoms with van der Waals surface area (Å²) in [5, 5.41) is 13.8. The first-order valence-electron chi connectivity index (χ1n) is 5.34. The highest BCUT2D eigenvalue weighted by Crippen LogP contribution is 2.25. The second-order valence-electron chi connectivity index (χ2n) is 3.73. The van der Waals surface area contributed by atoms with Crippen molar-refractivity contribution in [3.63, 3.8) is 0 Å². The third-order valence-electron chi connectivity index (χ3n) is 2.42. The first-order valence-corrected chi connectivity index (χ1v) is 6.09. The zero-order valence-electron chi connectivity index (χ0n) is 9.84. The summed E-state index contributed by atoms with van der Waals surface area (Å²) in [5.74, 6) is -0.674. The van der Waals surface area contributed by atoms with Crippen LogP contribution in [0.15, 0.2) is 36.7 Å². The third-order valence-corrected chi connectivity index (χ3v) is 2.96. The Hall–Kier alpha value is -2.18. The molecule has 0 saturated heterocycles. The Kier molecular flexibility index (Phi) is 4.16. The second-order valence-corrected chi connectivity index (χ2v) is 4.57. The largest absolute Gasteiger partial charge is 0.320 e. The van der Waals surface area contributed by atoms with Crippen molar-refractivity contribution >= 4 is 40.5 Å². The molecule has 1 aromatic carbocycles. The molecule has 102 valence electrons. The predicted molar refractivity (Wildman–Crippen MR) is 75.3 cm³/mol. The first kappa shape index (κ1) is 14.2. The molecule has 8 heteroatoms. The minimum absolute atomic E-state index is 0.143. The van der Waals surface area contributed by atoms with Gasteiger partial charge >= 0.3 is 0 Å². The van der Waals surface area contributed by atoms with Gasteiger partial charge in [-0.25, -0.2) is 0 Å². The summed E-state index contributed by atoms with van der Waals surface area (Å²) in [6.45, 7) is 0. The topological polar surface area (TPSA) is 85.1 Å². The van der Waals surface area contributed by atoms with Gasteiger partial charge in [0.25, 0.3) is 11.6 Å².